The van der Waals surface area contributed by atoms with Crippen molar-refractivity contribution in [2.24, 2.45) is 11.8 Å². The predicted molar refractivity (Wildman–Crippen MR) is 194 cm³/mol. The molecule has 5 atom stereocenters. The fraction of sp³-hybridized carbons (Fsp3) is 0.564. The molecule has 0 aliphatic carbocycles. The van der Waals surface area contributed by atoms with Gasteiger partial charge in [-0.05, 0) is 48.6 Å². The van der Waals surface area contributed by atoms with Crippen molar-refractivity contribution >= 4 is 29.4 Å². The number of epoxide rings is 1. The Labute approximate surface area is 301 Å². The van der Waals surface area contributed by atoms with Crippen LogP contribution >= 0.6 is 0 Å². The average Bonchev–Trinajstić information content (AvgIpc) is 3.95. The van der Waals surface area contributed by atoms with Crippen LogP contribution in [0.25, 0.3) is 0 Å². The normalized spacial score (nSPS) is 18.3. The molecule has 2 aliphatic heterocycles. The number of nitrogens with one attached hydrogen (secondary N) is 4. The number of rotatable bonds is 20. The second-order valence-electron chi connectivity index (χ2n) is 14.4. The van der Waals surface area contributed by atoms with Gasteiger partial charge in [-0.3, -0.25) is 28.9 Å². The van der Waals surface area contributed by atoms with Crippen molar-refractivity contribution in [1.29, 1.82) is 0 Å². The largest absolute Gasteiger partial charge is 0.379 e. The maximum absolute atomic E-state index is 14.0. The van der Waals surface area contributed by atoms with E-state index in [0.717, 1.165) is 11.1 Å². The van der Waals surface area contributed by atoms with Crippen LogP contribution < -0.4 is 21.3 Å². The Kier molecular flexibility index (Phi) is 15.6. The average molecular weight is 706 g/mol. The number of benzene rings is 2. The van der Waals surface area contributed by atoms with Gasteiger partial charge in [0.2, 0.25) is 23.6 Å². The van der Waals surface area contributed by atoms with Gasteiger partial charge >= 0.3 is 0 Å². The minimum atomic E-state index is -1.02. The number of hydrogen-bond acceptors (Lipinski definition) is 8. The molecule has 0 radical (unpaired) electrons. The van der Waals surface area contributed by atoms with Crippen LogP contribution in [0.15, 0.2) is 60.7 Å². The van der Waals surface area contributed by atoms with Crippen LogP contribution in [0.3, 0.4) is 0 Å². The standard InChI is InChI=1S/C39H55N5O7/c1-26(2)21-31(36(46)34-25-51-34)41-39(49)33(23-29-13-9-6-10-14-29)43-38(48)32(22-27(3)4)42-37(47)30(16-15-28-11-7-5-8-12-28)40-35(45)24-44-17-19-50-20-18-44/h5-14,26-27,30-34H,15-25H2,1-4H3,(H,40,45)(H,41,49)(H,42,47)(H,43,48)/t30-,31?,32-,33-,34?/m0/s1. The molecule has 2 aliphatic rings. The highest BCUT2D eigenvalue weighted by atomic mass is 16.6. The Morgan fingerprint density at radius 2 is 1.20 bits per heavy atom. The number of ether oxygens (including phenoxy) is 2. The van der Waals surface area contributed by atoms with E-state index in [1.54, 1.807) is 0 Å². The smallest absolute Gasteiger partial charge is 0.243 e. The van der Waals surface area contributed by atoms with Crippen LogP contribution in [0.1, 0.15) is 58.1 Å². The second kappa shape index (κ2) is 20.0. The van der Waals surface area contributed by atoms with E-state index in [4.69, 9.17) is 9.47 Å². The van der Waals surface area contributed by atoms with Crippen molar-refractivity contribution in [2.75, 3.05) is 39.5 Å². The first-order valence-corrected chi connectivity index (χ1v) is 18.2. The summed E-state index contributed by atoms with van der Waals surface area (Å²) >= 11 is 0. The lowest BCUT2D eigenvalue weighted by Crippen LogP contribution is -2.59. The summed E-state index contributed by atoms with van der Waals surface area (Å²) in [6, 6.07) is 15.4. The molecular weight excluding hydrogens is 650 g/mol. The van der Waals surface area contributed by atoms with E-state index in [1.807, 2.05) is 93.3 Å². The number of carbonyl (C=O) groups excluding carboxylic acids is 5. The van der Waals surface area contributed by atoms with Gasteiger partial charge < -0.3 is 30.7 Å². The van der Waals surface area contributed by atoms with Gasteiger partial charge in [0, 0.05) is 19.5 Å². The van der Waals surface area contributed by atoms with Gasteiger partial charge in [0.05, 0.1) is 32.4 Å². The van der Waals surface area contributed by atoms with E-state index < -0.39 is 48.0 Å². The van der Waals surface area contributed by atoms with Crippen molar-refractivity contribution < 1.29 is 33.4 Å². The zero-order valence-electron chi connectivity index (χ0n) is 30.4. The molecule has 2 saturated heterocycles. The summed E-state index contributed by atoms with van der Waals surface area (Å²) in [5.41, 5.74) is 1.84. The van der Waals surface area contributed by atoms with Crippen molar-refractivity contribution in [3.8, 4) is 0 Å². The van der Waals surface area contributed by atoms with E-state index in [1.165, 1.54) is 0 Å². The van der Waals surface area contributed by atoms with Gasteiger partial charge in [-0.25, -0.2) is 0 Å². The zero-order valence-corrected chi connectivity index (χ0v) is 30.4. The molecule has 2 unspecified atom stereocenters. The molecule has 2 heterocycles. The Bertz CT molecular complexity index is 1430. The fourth-order valence-corrected chi connectivity index (χ4v) is 6.16. The molecule has 278 valence electrons. The summed E-state index contributed by atoms with van der Waals surface area (Å²) in [7, 11) is 0. The lowest BCUT2D eigenvalue weighted by atomic mass is 9.97. The number of ketones is 1. The van der Waals surface area contributed by atoms with E-state index in [-0.39, 0.29) is 36.5 Å². The van der Waals surface area contributed by atoms with Gasteiger partial charge in [-0.15, -0.1) is 0 Å². The topological polar surface area (TPSA) is 158 Å². The lowest BCUT2D eigenvalue weighted by Gasteiger charge is -2.28. The summed E-state index contributed by atoms with van der Waals surface area (Å²) < 4.78 is 10.6. The van der Waals surface area contributed by atoms with Gasteiger partial charge in [0.1, 0.15) is 24.2 Å². The van der Waals surface area contributed by atoms with E-state index >= 15 is 0 Å². The lowest BCUT2D eigenvalue weighted by molar-refractivity contribution is -0.135. The molecule has 12 heteroatoms. The van der Waals surface area contributed by atoms with Crippen LogP contribution in [0.4, 0.5) is 0 Å². The van der Waals surface area contributed by atoms with Crippen LogP contribution in [-0.2, 0) is 46.3 Å². The third-order valence-electron chi connectivity index (χ3n) is 8.96. The summed E-state index contributed by atoms with van der Waals surface area (Å²) in [6.45, 7) is 10.7. The zero-order chi connectivity index (χ0) is 36.8. The number of carbonyl (C=O) groups is 5. The quantitative estimate of drug-likeness (QED) is 0.153. The first kappa shape index (κ1) is 39.7. The third kappa shape index (κ3) is 13.8. The van der Waals surface area contributed by atoms with Gasteiger partial charge in [0.15, 0.2) is 5.78 Å². The highest BCUT2D eigenvalue weighted by Crippen LogP contribution is 2.17. The molecular formula is C39H55N5O7. The molecule has 51 heavy (non-hydrogen) atoms. The number of morpholine rings is 1. The Balaban J connectivity index is 1.50. The van der Waals surface area contributed by atoms with Crippen LogP contribution in [0, 0.1) is 11.8 Å². The summed E-state index contributed by atoms with van der Waals surface area (Å²) in [4.78, 5) is 69.9. The number of nitrogens with zero attached hydrogens (tertiary/aromatic N) is 1. The first-order valence-electron chi connectivity index (χ1n) is 18.2. The molecule has 2 aromatic rings. The summed E-state index contributed by atoms with van der Waals surface area (Å²) in [6.07, 6.45) is 1.27. The molecule has 4 rings (SSSR count). The van der Waals surface area contributed by atoms with Gasteiger partial charge in [0.25, 0.3) is 0 Å². The van der Waals surface area contributed by atoms with Gasteiger partial charge in [-0.2, -0.15) is 0 Å². The number of amides is 4. The molecule has 4 N–H and O–H groups in total. The monoisotopic (exact) mass is 705 g/mol. The molecule has 0 bridgehead atoms. The van der Waals surface area contributed by atoms with Gasteiger partial charge in [-0.1, -0.05) is 88.4 Å². The fourth-order valence-electron chi connectivity index (χ4n) is 6.16. The van der Waals surface area contributed by atoms with Crippen molar-refractivity contribution in [2.45, 2.75) is 90.1 Å². The molecule has 4 amide bonds. The minimum absolute atomic E-state index is 0.0210. The van der Waals surface area contributed by atoms with E-state index in [9.17, 15) is 24.0 Å². The summed E-state index contributed by atoms with van der Waals surface area (Å²) in [5.74, 6) is -1.79. The highest BCUT2D eigenvalue weighted by molar-refractivity contribution is 5.97. The Morgan fingerprint density at radius 3 is 1.78 bits per heavy atom. The number of Topliss-reactive ketones (excluding diaryl/α,β-unsaturated/α-hetero) is 1. The van der Waals surface area contributed by atoms with Crippen molar-refractivity contribution in [3.63, 3.8) is 0 Å². The maximum atomic E-state index is 14.0. The first-order chi connectivity index (χ1) is 24.5. The molecule has 0 saturated carbocycles. The van der Waals surface area contributed by atoms with Crippen LogP contribution in [0.5, 0.6) is 0 Å². The van der Waals surface area contributed by atoms with E-state index in [2.05, 4.69) is 21.3 Å². The molecule has 2 aromatic carbocycles. The molecule has 0 spiro atoms. The maximum Gasteiger partial charge on any atom is 0.243 e. The highest BCUT2D eigenvalue weighted by Gasteiger charge is 2.38. The van der Waals surface area contributed by atoms with E-state index in [0.29, 0.717) is 58.6 Å². The molecule has 2 fully saturated rings. The Hall–Kier alpha value is -4.13. The predicted octanol–water partition coefficient (Wildman–Crippen LogP) is 2.19. The number of hydrogen-bond donors (Lipinski definition) is 4. The molecule has 12 nitrogen and oxygen atoms in total. The SMILES string of the molecule is CC(C)CC(NC(=O)[C@H](Cc1ccccc1)NC(=O)[C@H](CC(C)C)NC(=O)[C@H](CCc1ccccc1)NC(=O)CN1CCOCC1)C(=O)C1CO1. The van der Waals surface area contributed by atoms with Crippen LogP contribution in [0.2, 0.25) is 0 Å². The van der Waals surface area contributed by atoms with Crippen molar-refractivity contribution in [1.82, 2.24) is 26.2 Å². The molecule has 0 aromatic heterocycles. The van der Waals surface area contributed by atoms with Crippen molar-refractivity contribution in [3.05, 3.63) is 71.8 Å². The number of aryl methyl sites for hydroxylation is 1. The summed E-state index contributed by atoms with van der Waals surface area (Å²) in [5, 5.41) is 11.6. The minimum Gasteiger partial charge on any atom is -0.379 e. The van der Waals surface area contributed by atoms with Crippen LogP contribution in [-0.4, -0.2) is 104 Å². The Morgan fingerprint density at radius 1 is 0.686 bits per heavy atom. The third-order valence-corrected chi connectivity index (χ3v) is 8.96. The second-order valence-corrected chi connectivity index (χ2v) is 14.4.